The van der Waals surface area contributed by atoms with Crippen molar-refractivity contribution in [3.8, 4) is 0 Å². The summed E-state index contributed by atoms with van der Waals surface area (Å²) in [6.07, 6.45) is 10.1. The minimum absolute atomic E-state index is 0.704. The average Bonchev–Trinajstić information content (AvgIpc) is 2.85. The van der Waals surface area contributed by atoms with Crippen molar-refractivity contribution < 1.29 is 0 Å². The van der Waals surface area contributed by atoms with Gasteiger partial charge in [-0.25, -0.2) is 0 Å². The number of fused-ring (bicyclic) bond motifs is 1. The maximum Gasteiger partial charge on any atom is 0.0515 e. The monoisotopic (exact) mass is 242 g/mol. The summed E-state index contributed by atoms with van der Waals surface area (Å²) in [4.78, 5) is 0. The van der Waals surface area contributed by atoms with Crippen molar-refractivity contribution in [1.29, 1.82) is 0 Å². The van der Waals surface area contributed by atoms with E-state index in [1.807, 2.05) is 0 Å². The number of nitrogens with two attached hydrogens (primary N) is 1. The quantitative estimate of drug-likeness (QED) is 0.875. The van der Waals surface area contributed by atoms with E-state index in [2.05, 4.69) is 35.0 Å². The van der Waals surface area contributed by atoms with Gasteiger partial charge in [-0.2, -0.15) is 0 Å². The molecule has 1 aromatic heterocycles. The van der Waals surface area contributed by atoms with Crippen LogP contribution in [0.5, 0.6) is 0 Å². The highest BCUT2D eigenvalue weighted by molar-refractivity contribution is 5.83. The number of hydrogen-bond acceptors (Lipinski definition) is 1. The fourth-order valence-corrected chi connectivity index (χ4v) is 3.32. The highest BCUT2D eigenvalue weighted by Crippen LogP contribution is 2.32. The van der Waals surface area contributed by atoms with E-state index in [-0.39, 0.29) is 0 Å². The molecule has 0 radical (unpaired) electrons. The number of aromatic nitrogens is 1. The Hall–Kier alpha value is -1.28. The fourth-order valence-electron chi connectivity index (χ4n) is 3.32. The highest BCUT2D eigenvalue weighted by Gasteiger charge is 2.17. The molecule has 2 N–H and O–H groups in total. The maximum atomic E-state index is 5.74. The van der Waals surface area contributed by atoms with Gasteiger partial charge in [0.15, 0.2) is 0 Å². The number of benzene rings is 1. The SMILES string of the molecule is NCCc1cccc2ccn(C3CCCCC3)c12. The molecular weight excluding hydrogens is 220 g/mol. The smallest absolute Gasteiger partial charge is 0.0515 e. The average molecular weight is 242 g/mol. The third-order valence-electron chi connectivity index (χ3n) is 4.21. The van der Waals surface area contributed by atoms with Gasteiger partial charge in [0.25, 0.3) is 0 Å². The topological polar surface area (TPSA) is 30.9 Å². The first-order chi connectivity index (χ1) is 8.90. The van der Waals surface area contributed by atoms with Crippen LogP contribution in [0.3, 0.4) is 0 Å². The first kappa shape index (κ1) is 11.8. The molecular formula is C16H22N2. The number of rotatable bonds is 3. The van der Waals surface area contributed by atoms with E-state index in [1.165, 1.54) is 48.6 Å². The molecule has 1 heterocycles. The Morgan fingerprint density at radius 1 is 1.11 bits per heavy atom. The molecule has 96 valence electrons. The number of hydrogen-bond donors (Lipinski definition) is 1. The fraction of sp³-hybridized carbons (Fsp3) is 0.500. The normalized spacial score (nSPS) is 17.4. The minimum Gasteiger partial charge on any atom is -0.344 e. The Morgan fingerprint density at radius 3 is 2.72 bits per heavy atom. The first-order valence-corrected chi connectivity index (χ1v) is 7.18. The summed E-state index contributed by atoms with van der Waals surface area (Å²) in [6.45, 7) is 0.731. The van der Waals surface area contributed by atoms with Gasteiger partial charge in [0.2, 0.25) is 0 Å². The van der Waals surface area contributed by atoms with E-state index in [4.69, 9.17) is 5.73 Å². The van der Waals surface area contributed by atoms with E-state index < -0.39 is 0 Å². The van der Waals surface area contributed by atoms with Gasteiger partial charge in [0.05, 0.1) is 5.52 Å². The zero-order chi connectivity index (χ0) is 12.4. The van der Waals surface area contributed by atoms with E-state index >= 15 is 0 Å². The van der Waals surface area contributed by atoms with Crippen LogP contribution in [-0.2, 0) is 6.42 Å². The summed E-state index contributed by atoms with van der Waals surface area (Å²) in [5, 5.41) is 1.37. The molecule has 0 aliphatic heterocycles. The van der Waals surface area contributed by atoms with Crippen LogP contribution in [0.1, 0.15) is 43.7 Å². The second kappa shape index (κ2) is 5.15. The van der Waals surface area contributed by atoms with Gasteiger partial charge in [-0.1, -0.05) is 37.5 Å². The Labute approximate surface area is 109 Å². The number of para-hydroxylation sites is 1. The van der Waals surface area contributed by atoms with Gasteiger partial charge in [0, 0.05) is 12.2 Å². The van der Waals surface area contributed by atoms with Crippen LogP contribution < -0.4 is 5.73 Å². The molecule has 1 aliphatic rings. The predicted octanol–water partition coefficient (Wildman–Crippen LogP) is 3.65. The minimum atomic E-state index is 0.704. The zero-order valence-corrected chi connectivity index (χ0v) is 10.9. The molecule has 3 rings (SSSR count). The van der Waals surface area contributed by atoms with E-state index in [0.29, 0.717) is 6.04 Å². The van der Waals surface area contributed by atoms with Crippen LogP contribution in [-0.4, -0.2) is 11.1 Å². The summed E-state index contributed by atoms with van der Waals surface area (Å²) in [5.41, 5.74) is 8.57. The van der Waals surface area contributed by atoms with Crippen molar-refractivity contribution in [3.05, 3.63) is 36.0 Å². The Balaban J connectivity index is 2.05. The molecule has 1 saturated carbocycles. The molecule has 0 unspecified atom stereocenters. The van der Waals surface area contributed by atoms with Gasteiger partial charge in [-0.05, 0) is 42.8 Å². The summed E-state index contributed by atoms with van der Waals surface area (Å²) in [7, 11) is 0. The van der Waals surface area contributed by atoms with Crippen molar-refractivity contribution in [2.45, 2.75) is 44.6 Å². The van der Waals surface area contributed by atoms with Gasteiger partial charge in [0.1, 0.15) is 0 Å². The van der Waals surface area contributed by atoms with Gasteiger partial charge in [-0.15, -0.1) is 0 Å². The molecule has 1 aromatic carbocycles. The lowest BCUT2D eigenvalue weighted by Gasteiger charge is -2.25. The molecule has 2 heteroatoms. The molecule has 18 heavy (non-hydrogen) atoms. The molecule has 1 aliphatic carbocycles. The van der Waals surface area contributed by atoms with E-state index in [1.54, 1.807) is 0 Å². The van der Waals surface area contributed by atoms with Gasteiger partial charge in [-0.3, -0.25) is 0 Å². The van der Waals surface area contributed by atoms with Crippen molar-refractivity contribution in [2.24, 2.45) is 5.73 Å². The second-order valence-electron chi connectivity index (χ2n) is 5.41. The first-order valence-electron chi connectivity index (χ1n) is 7.18. The largest absolute Gasteiger partial charge is 0.344 e. The van der Waals surface area contributed by atoms with Gasteiger partial charge >= 0.3 is 0 Å². The van der Waals surface area contributed by atoms with Crippen molar-refractivity contribution >= 4 is 10.9 Å². The lowest BCUT2D eigenvalue weighted by Crippen LogP contribution is -2.13. The molecule has 0 bridgehead atoms. The third-order valence-corrected chi connectivity index (χ3v) is 4.21. The van der Waals surface area contributed by atoms with Gasteiger partial charge < -0.3 is 10.3 Å². The standard InChI is InChI=1S/C16H22N2/c17-11-9-13-5-4-6-14-10-12-18(16(13)14)15-7-2-1-3-8-15/h4-6,10,12,15H,1-3,7-9,11,17H2. The van der Waals surface area contributed by atoms with E-state index in [9.17, 15) is 0 Å². The van der Waals surface area contributed by atoms with E-state index in [0.717, 1.165) is 13.0 Å². The Kier molecular flexibility index (Phi) is 3.37. The molecule has 0 atom stereocenters. The predicted molar refractivity (Wildman–Crippen MR) is 76.8 cm³/mol. The zero-order valence-electron chi connectivity index (χ0n) is 10.9. The summed E-state index contributed by atoms with van der Waals surface area (Å²) < 4.78 is 2.51. The lowest BCUT2D eigenvalue weighted by atomic mass is 9.95. The molecule has 0 saturated heterocycles. The summed E-state index contributed by atoms with van der Waals surface area (Å²) in [6, 6.07) is 9.56. The van der Waals surface area contributed by atoms with Crippen molar-refractivity contribution in [3.63, 3.8) is 0 Å². The molecule has 2 nitrogen and oxygen atoms in total. The molecule has 1 fully saturated rings. The van der Waals surface area contributed by atoms with Crippen LogP contribution >= 0.6 is 0 Å². The number of nitrogens with zero attached hydrogens (tertiary/aromatic N) is 1. The second-order valence-corrected chi connectivity index (χ2v) is 5.41. The highest BCUT2D eigenvalue weighted by atomic mass is 15.0. The summed E-state index contributed by atoms with van der Waals surface area (Å²) >= 11 is 0. The van der Waals surface area contributed by atoms with Crippen molar-refractivity contribution in [1.82, 2.24) is 4.57 Å². The molecule has 0 spiro atoms. The third kappa shape index (κ3) is 2.05. The Bertz CT molecular complexity index is 521. The Morgan fingerprint density at radius 2 is 1.94 bits per heavy atom. The van der Waals surface area contributed by atoms with Crippen LogP contribution in [0.4, 0.5) is 0 Å². The van der Waals surface area contributed by atoms with Crippen LogP contribution in [0, 0.1) is 0 Å². The summed E-state index contributed by atoms with van der Waals surface area (Å²) in [5.74, 6) is 0. The van der Waals surface area contributed by atoms with Crippen LogP contribution in [0.2, 0.25) is 0 Å². The lowest BCUT2D eigenvalue weighted by molar-refractivity contribution is 0.360. The van der Waals surface area contributed by atoms with Crippen molar-refractivity contribution in [2.75, 3.05) is 6.54 Å². The molecule has 2 aromatic rings. The van der Waals surface area contributed by atoms with Crippen LogP contribution in [0.15, 0.2) is 30.5 Å². The molecule has 0 amide bonds. The maximum absolute atomic E-state index is 5.74. The van der Waals surface area contributed by atoms with Crippen LogP contribution in [0.25, 0.3) is 10.9 Å².